The Bertz CT molecular complexity index is 534. The molecule has 2 aromatic rings. The van der Waals surface area contributed by atoms with Gasteiger partial charge in [0.15, 0.2) is 0 Å². The fourth-order valence-corrected chi connectivity index (χ4v) is 1.49. The van der Waals surface area contributed by atoms with E-state index in [0.29, 0.717) is 16.9 Å². The molecule has 4 N–H and O–H groups in total. The summed E-state index contributed by atoms with van der Waals surface area (Å²) in [6, 6.07) is 7.01. The van der Waals surface area contributed by atoms with Gasteiger partial charge in [0, 0.05) is 13.2 Å². The first-order chi connectivity index (χ1) is 8.20. The number of nitrogen functional groups attached to an aromatic ring is 1. The van der Waals surface area contributed by atoms with Crippen LogP contribution in [0.4, 0.5) is 11.4 Å². The number of benzene rings is 1. The lowest BCUT2D eigenvalue weighted by atomic mass is 10.1. The molecule has 1 aromatic heterocycles. The lowest BCUT2D eigenvalue weighted by molar-refractivity contribution is 0.102. The van der Waals surface area contributed by atoms with Gasteiger partial charge in [-0.3, -0.25) is 15.3 Å². The van der Waals surface area contributed by atoms with E-state index < -0.39 is 0 Å². The zero-order chi connectivity index (χ0) is 12.3. The lowest BCUT2D eigenvalue weighted by Gasteiger charge is -2.07. The Labute approximate surface area is 98.4 Å². The van der Waals surface area contributed by atoms with Crippen LogP contribution in [0.3, 0.4) is 0 Å². The van der Waals surface area contributed by atoms with Crippen molar-refractivity contribution in [2.75, 3.05) is 10.7 Å². The van der Waals surface area contributed by atoms with Gasteiger partial charge in [0.25, 0.3) is 5.91 Å². The van der Waals surface area contributed by atoms with E-state index in [1.807, 2.05) is 0 Å². The molecular formula is C11H13N5O. The molecule has 17 heavy (non-hydrogen) atoms. The quantitative estimate of drug-likeness (QED) is 0.542. The van der Waals surface area contributed by atoms with Crippen LogP contribution in [0, 0.1) is 0 Å². The standard InChI is InChI=1S/C11H13N5O/c1-16-7-8(6-13-16)14-11(17)9-4-2-3-5-10(9)15-12/h2-7,15H,12H2,1H3,(H,14,17). The van der Waals surface area contributed by atoms with Crippen molar-refractivity contribution in [1.82, 2.24) is 9.78 Å². The van der Waals surface area contributed by atoms with Crippen LogP contribution < -0.4 is 16.6 Å². The van der Waals surface area contributed by atoms with E-state index in [1.54, 1.807) is 48.4 Å². The van der Waals surface area contributed by atoms with Gasteiger partial charge in [-0.1, -0.05) is 12.1 Å². The monoisotopic (exact) mass is 231 g/mol. The number of hydrogen-bond donors (Lipinski definition) is 3. The maximum atomic E-state index is 12.0. The number of rotatable bonds is 3. The van der Waals surface area contributed by atoms with Gasteiger partial charge in [-0.2, -0.15) is 5.10 Å². The summed E-state index contributed by atoms with van der Waals surface area (Å²) in [5.41, 5.74) is 4.19. The van der Waals surface area contributed by atoms with Gasteiger partial charge in [-0.25, -0.2) is 0 Å². The fraction of sp³-hybridized carbons (Fsp3) is 0.0909. The number of aromatic nitrogens is 2. The number of para-hydroxylation sites is 1. The van der Waals surface area contributed by atoms with Gasteiger partial charge in [0.05, 0.1) is 23.1 Å². The third-order valence-electron chi connectivity index (χ3n) is 2.29. The minimum atomic E-state index is -0.230. The molecule has 6 nitrogen and oxygen atoms in total. The summed E-state index contributed by atoms with van der Waals surface area (Å²) < 4.78 is 1.61. The Balaban J connectivity index is 2.20. The summed E-state index contributed by atoms with van der Waals surface area (Å²) in [5.74, 6) is 5.11. The molecule has 0 bridgehead atoms. The van der Waals surface area contributed by atoms with Crippen molar-refractivity contribution in [3.8, 4) is 0 Å². The molecule has 1 amide bonds. The SMILES string of the molecule is Cn1cc(NC(=O)c2ccccc2NN)cn1. The largest absolute Gasteiger partial charge is 0.323 e. The second-order valence-electron chi connectivity index (χ2n) is 3.55. The molecule has 0 unspecified atom stereocenters. The fourth-order valence-electron chi connectivity index (χ4n) is 1.49. The molecule has 6 heteroatoms. The van der Waals surface area contributed by atoms with Crippen LogP contribution in [0.2, 0.25) is 0 Å². The van der Waals surface area contributed by atoms with Crippen LogP contribution in [0.1, 0.15) is 10.4 Å². The van der Waals surface area contributed by atoms with Gasteiger partial charge < -0.3 is 10.7 Å². The Morgan fingerprint density at radius 3 is 2.82 bits per heavy atom. The number of hydrazine groups is 1. The van der Waals surface area contributed by atoms with Crippen molar-refractivity contribution < 1.29 is 4.79 Å². The van der Waals surface area contributed by atoms with E-state index in [1.165, 1.54) is 0 Å². The van der Waals surface area contributed by atoms with Crippen LogP contribution in [0.25, 0.3) is 0 Å². The normalized spacial score (nSPS) is 10.0. The molecule has 0 aliphatic heterocycles. The maximum absolute atomic E-state index is 12.0. The van der Waals surface area contributed by atoms with Gasteiger partial charge in [0.2, 0.25) is 0 Å². The number of nitrogens with two attached hydrogens (primary N) is 1. The van der Waals surface area contributed by atoms with Gasteiger partial charge in [-0.15, -0.1) is 0 Å². The second-order valence-corrected chi connectivity index (χ2v) is 3.55. The topological polar surface area (TPSA) is 85.0 Å². The zero-order valence-electron chi connectivity index (χ0n) is 9.34. The minimum Gasteiger partial charge on any atom is -0.323 e. The van der Waals surface area contributed by atoms with Crippen molar-refractivity contribution in [2.24, 2.45) is 12.9 Å². The average molecular weight is 231 g/mol. The summed E-state index contributed by atoms with van der Waals surface area (Å²) in [4.78, 5) is 12.0. The molecule has 0 radical (unpaired) electrons. The van der Waals surface area contributed by atoms with E-state index in [9.17, 15) is 4.79 Å². The first-order valence-electron chi connectivity index (χ1n) is 5.06. The van der Waals surface area contributed by atoms with Crippen LogP contribution in [-0.4, -0.2) is 15.7 Å². The number of aryl methyl sites for hydroxylation is 1. The molecule has 0 spiro atoms. The first kappa shape index (κ1) is 11.2. The predicted molar refractivity (Wildman–Crippen MR) is 65.4 cm³/mol. The van der Waals surface area contributed by atoms with Crippen molar-refractivity contribution >= 4 is 17.3 Å². The van der Waals surface area contributed by atoms with Crippen LogP contribution in [0.15, 0.2) is 36.7 Å². The number of nitrogens with zero attached hydrogens (tertiary/aromatic N) is 2. The van der Waals surface area contributed by atoms with E-state index >= 15 is 0 Å². The molecule has 2 rings (SSSR count). The number of carbonyl (C=O) groups excluding carboxylic acids is 1. The van der Waals surface area contributed by atoms with Gasteiger partial charge in [0.1, 0.15) is 0 Å². The van der Waals surface area contributed by atoms with E-state index in [4.69, 9.17) is 5.84 Å². The highest BCUT2D eigenvalue weighted by Gasteiger charge is 2.10. The summed E-state index contributed by atoms with van der Waals surface area (Å²) in [5, 5.41) is 6.70. The number of hydrogen-bond acceptors (Lipinski definition) is 4. The van der Waals surface area contributed by atoms with Crippen LogP contribution in [0.5, 0.6) is 0 Å². The molecule has 0 aliphatic rings. The summed E-state index contributed by atoms with van der Waals surface area (Å²) in [6.45, 7) is 0. The summed E-state index contributed by atoms with van der Waals surface area (Å²) in [6.07, 6.45) is 3.30. The number of nitrogens with one attached hydrogen (secondary N) is 2. The van der Waals surface area contributed by atoms with Crippen molar-refractivity contribution in [3.05, 3.63) is 42.2 Å². The first-order valence-corrected chi connectivity index (χ1v) is 5.06. The Hall–Kier alpha value is -2.34. The second kappa shape index (κ2) is 4.67. The molecule has 0 aliphatic carbocycles. The molecule has 0 saturated carbocycles. The number of anilines is 2. The average Bonchev–Trinajstić information content (AvgIpc) is 2.74. The van der Waals surface area contributed by atoms with Crippen LogP contribution in [-0.2, 0) is 7.05 Å². The smallest absolute Gasteiger partial charge is 0.257 e. The minimum absolute atomic E-state index is 0.230. The third-order valence-corrected chi connectivity index (χ3v) is 2.29. The van der Waals surface area contributed by atoms with E-state index in [0.717, 1.165) is 0 Å². The predicted octanol–water partition coefficient (Wildman–Crippen LogP) is 0.958. The molecule has 0 fully saturated rings. The summed E-state index contributed by atoms with van der Waals surface area (Å²) in [7, 11) is 1.78. The molecule has 1 heterocycles. The maximum Gasteiger partial charge on any atom is 0.257 e. The highest BCUT2D eigenvalue weighted by molar-refractivity contribution is 6.07. The lowest BCUT2D eigenvalue weighted by Crippen LogP contribution is -2.16. The van der Waals surface area contributed by atoms with Gasteiger partial charge >= 0.3 is 0 Å². The van der Waals surface area contributed by atoms with Crippen molar-refractivity contribution in [3.63, 3.8) is 0 Å². The number of carbonyl (C=O) groups is 1. The summed E-state index contributed by atoms with van der Waals surface area (Å²) >= 11 is 0. The molecule has 88 valence electrons. The highest BCUT2D eigenvalue weighted by Crippen LogP contribution is 2.15. The number of amides is 1. The van der Waals surface area contributed by atoms with Crippen LogP contribution >= 0.6 is 0 Å². The molecule has 0 saturated heterocycles. The third kappa shape index (κ3) is 2.43. The molecular weight excluding hydrogens is 218 g/mol. The molecule has 0 atom stereocenters. The van der Waals surface area contributed by atoms with Gasteiger partial charge in [-0.05, 0) is 12.1 Å². The Kier molecular flexibility index (Phi) is 3.06. The zero-order valence-corrected chi connectivity index (χ0v) is 9.34. The molecule has 1 aromatic carbocycles. The van der Waals surface area contributed by atoms with E-state index in [-0.39, 0.29) is 5.91 Å². The van der Waals surface area contributed by atoms with Crippen molar-refractivity contribution in [1.29, 1.82) is 0 Å². The Morgan fingerprint density at radius 1 is 1.41 bits per heavy atom. The van der Waals surface area contributed by atoms with E-state index in [2.05, 4.69) is 15.8 Å². The van der Waals surface area contributed by atoms with Crippen molar-refractivity contribution in [2.45, 2.75) is 0 Å². The Morgan fingerprint density at radius 2 is 2.18 bits per heavy atom. The highest BCUT2D eigenvalue weighted by atomic mass is 16.1.